The number of benzene rings is 3. The molecular weight excluding hydrogens is 355 g/mol. The number of hydrogen-bond acceptors (Lipinski definition) is 3. The smallest absolute Gasteiger partial charge is 0.243 e. The van der Waals surface area contributed by atoms with E-state index in [1.165, 1.54) is 12.1 Å². The van der Waals surface area contributed by atoms with E-state index in [1.807, 2.05) is 60.7 Å². The van der Waals surface area contributed by atoms with Crippen LogP contribution < -0.4 is 10.6 Å². The molecule has 3 aromatic carbocycles. The molecule has 0 spiro atoms. The topological polar surface area (TPSA) is 61.4 Å². The molecule has 0 aliphatic carbocycles. The standard InChI is InChI=1S/C23H21FN2O2/c24-18-11-12-19-17(13-18)14-20(25-19)23(28)26-21(15-7-3-1-4-8-15)22(27)16-9-5-2-6-10-16/h1-13,20-22,25,27H,14H2,(H,26,28)/t20?,21?,22-/m1/s1. The number of nitrogens with one attached hydrogen (secondary N) is 2. The molecule has 3 N–H and O–H groups in total. The molecule has 0 aromatic heterocycles. The molecule has 3 atom stereocenters. The Morgan fingerprint density at radius 3 is 2.32 bits per heavy atom. The fourth-order valence-corrected chi connectivity index (χ4v) is 3.59. The Labute approximate surface area is 163 Å². The van der Waals surface area contributed by atoms with Crippen LogP contribution in [-0.2, 0) is 11.2 Å². The Balaban J connectivity index is 1.55. The van der Waals surface area contributed by atoms with E-state index in [1.54, 1.807) is 6.07 Å². The quantitative estimate of drug-likeness (QED) is 0.636. The van der Waals surface area contributed by atoms with Crippen LogP contribution in [0.5, 0.6) is 0 Å². The van der Waals surface area contributed by atoms with E-state index in [0.717, 1.165) is 22.4 Å². The van der Waals surface area contributed by atoms with Crippen LogP contribution in [0.1, 0.15) is 28.8 Å². The van der Waals surface area contributed by atoms with Crippen molar-refractivity contribution in [2.24, 2.45) is 0 Å². The zero-order valence-electron chi connectivity index (χ0n) is 15.2. The van der Waals surface area contributed by atoms with Gasteiger partial charge in [0.05, 0.1) is 6.04 Å². The highest BCUT2D eigenvalue weighted by molar-refractivity contribution is 5.87. The van der Waals surface area contributed by atoms with E-state index < -0.39 is 18.2 Å². The second kappa shape index (κ2) is 7.82. The highest BCUT2D eigenvalue weighted by Crippen LogP contribution is 2.31. The van der Waals surface area contributed by atoms with Crippen LogP contribution in [0.25, 0.3) is 0 Å². The van der Waals surface area contributed by atoms with Gasteiger partial charge in [0, 0.05) is 12.1 Å². The third-order valence-electron chi connectivity index (χ3n) is 5.05. The molecule has 1 heterocycles. The maximum Gasteiger partial charge on any atom is 0.243 e. The van der Waals surface area contributed by atoms with Crippen molar-refractivity contribution in [3.63, 3.8) is 0 Å². The summed E-state index contributed by atoms with van der Waals surface area (Å²) in [7, 11) is 0. The molecule has 1 aliphatic heterocycles. The van der Waals surface area contributed by atoms with Crippen molar-refractivity contribution < 1.29 is 14.3 Å². The van der Waals surface area contributed by atoms with Crippen molar-refractivity contribution in [2.75, 3.05) is 5.32 Å². The summed E-state index contributed by atoms with van der Waals surface area (Å²) in [5.41, 5.74) is 3.08. The SMILES string of the molecule is O=C(NC(c1ccccc1)[C@H](O)c1ccccc1)C1Cc2cc(F)ccc2N1. The number of hydrogen-bond donors (Lipinski definition) is 3. The predicted molar refractivity (Wildman–Crippen MR) is 106 cm³/mol. The molecule has 28 heavy (non-hydrogen) atoms. The number of aliphatic hydroxyl groups excluding tert-OH is 1. The van der Waals surface area contributed by atoms with Crippen LogP contribution in [0.3, 0.4) is 0 Å². The zero-order valence-corrected chi connectivity index (χ0v) is 15.2. The maximum absolute atomic E-state index is 13.5. The first kappa shape index (κ1) is 18.2. The Bertz CT molecular complexity index is 963. The highest BCUT2D eigenvalue weighted by Gasteiger charge is 2.31. The van der Waals surface area contributed by atoms with E-state index in [0.29, 0.717) is 6.42 Å². The molecule has 0 fully saturated rings. The van der Waals surface area contributed by atoms with Gasteiger partial charge in [-0.05, 0) is 34.9 Å². The summed E-state index contributed by atoms with van der Waals surface area (Å²) < 4.78 is 13.5. The molecule has 4 rings (SSSR count). The predicted octanol–water partition coefficient (Wildman–Crippen LogP) is 3.75. The van der Waals surface area contributed by atoms with E-state index >= 15 is 0 Å². The number of carbonyl (C=O) groups is 1. The van der Waals surface area contributed by atoms with Crippen molar-refractivity contribution >= 4 is 11.6 Å². The molecule has 3 aromatic rings. The van der Waals surface area contributed by atoms with Crippen molar-refractivity contribution in [1.29, 1.82) is 0 Å². The fourth-order valence-electron chi connectivity index (χ4n) is 3.59. The van der Waals surface area contributed by atoms with Crippen LogP contribution in [0.4, 0.5) is 10.1 Å². The average Bonchev–Trinajstić information content (AvgIpc) is 3.16. The van der Waals surface area contributed by atoms with Gasteiger partial charge in [-0.3, -0.25) is 4.79 Å². The van der Waals surface area contributed by atoms with Gasteiger partial charge in [-0.1, -0.05) is 60.7 Å². The third kappa shape index (κ3) is 3.75. The molecule has 0 saturated heterocycles. The first-order chi connectivity index (χ1) is 13.6. The average molecular weight is 376 g/mol. The van der Waals surface area contributed by atoms with E-state index in [2.05, 4.69) is 10.6 Å². The summed E-state index contributed by atoms with van der Waals surface area (Å²) in [5, 5.41) is 17.1. The second-order valence-corrected chi connectivity index (χ2v) is 6.95. The molecule has 0 radical (unpaired) electrons. The van der Waals surface area contributed by atoms with Gasteiger partial charge in [-0.15, -0.1) is 0 Å². The summed E-state index contributed by atoms with van der Waals surface area (Å²) in [6, 6.07) is 22.0. The van der Waals surface area contributed by atoms with Crippen molar-refractivity contribution in [2.45, 2.75) is 24.6 Å². The largest absolute Gasteiger partial charge is 0.386 e. The summed E-state index contributed by atoms with van der Waals surface area (Å²) >= 11 is 0. The molecule has 1 amide bonds. The Morgan fingerprint density at radius 2 is 1.64 bits per heavy atom. The molecule has 1 aliphatic rings. The van der Waals surface area contributed by atoms with Crippen LogP contribution >= 0.6 is 0 Å². The van der Waals surface area contributed by atoms with Gasteiger partial charge in [0.2, 0.25) is 5.91 Å². The highest BCUT2D eigenvalue weighted by atomic mass is 19.1. The number of halogens is 1. The number of amides is 1. The number of aliphatic hydroxyl groups is 1. The Kier molecular flexibility index (Phi) is 5.08. The van der Waals surface area contributed by atoms with Crippen LogP contribution in [-0.4, -0.2) is 17.1 Å². The summed E-state index contributed by atoms with van der Waals surface area (Å²) in [4.78, 5) is 12.9. The first-order valence-corrected chi connectivity index (χ1v) is 9.25. The van der Waals surface area contributed by atoms with Gasteiger partial charge in [0.25, 0.3) is 0 Å². The van der Waals surface area contributed by atoms with Gasteiger partial charge in [0.15, 0.2) is 0 Å². The number of fused-ring (bicyclic) bond motifs is 1. The van der Waals surface area contributed by atoms with Gasteiger partial charge in [-0.2, -0.15) is 0 Å². The molecule has 142 valence electrons. The first-order valence-electron chi connectivity index (χ1n) is 9.25. The lowest BCUT2D eigenvalue weighted by Gasteiger charge is -2.26. The summed E-state index contributed by atoms with van der Waals surface area (Å²) in [6.07, 6.45) is -0.490. The summed E-state index contributed by atoms with van der Waals surface area (Å²) in [6.45, 7) is 0. The van der Waals surface area contributed by atoms with Crippen molar-refractivity contribution in [1.82, 2.24) is 5.32 Å². The lowest BCUT2D eigenvalue weighted by atomic mass is 9.95. The fraction of sp³-hybridized carbons (Fsp3) is 0.174. The Hall–Kier alpha value is -3.18. The monoisotopic (exact) mass is 376 g/mol. The molecule has 4 nitrogen and oxygen atoms in total. The Morgan fingerprint density at radius 1 is 1.00 bits per heavy atom. The van der Waals surface area contributed by atoms with Crippen molar-refractivity contribution in [3.05, 3.63) is 101 Å². The van der Waals surface area contributed by atoms with Crippen LogP contribution in [0.15, 0.2) is 78.9 Å². The van der Waals surface area contributed by atoms with Crippen molar-refractivity contribution in [3.8, 4) is 0 Å². The minimum Gasteiger partial charge on any atom is -0.386 e. The molecular formula is C23H21FN2O2. The summed E-state index contributed by atoms with van der Waals surface area (Å²) in [5.74, 6) is -0.552. The number of carbonyl (C=O) groups excluding carboxylic acids is 1. The van der Waals surface area contributed by atoms with E-state index in [9.17, 15) is 14.3 Å². The number of rotatable bonds is 5. The lowest BCUT2D eigenvalue weighted by Crippen LogP contribution is -2.42. The second-order valence-electron chi connectivity index (χ2n) is 6.95. The molecule has 5 heteroatoms. The zero-order chi connectivity index (χ0) is 19.5. The minimum atomic E-state index is -0.895. The van der Waals surface area contributed by atoms with Crippen LogP contribution in [0, 0.1) is 5.82 Å². The lowest BCUT2D eigenvalue weighted by molar-refractivity contribution is -0.123. The van der Waals surface area contributed by atoms with Gasteiger partial charge >= 0.3 is 0 Å². The van der Waals surface area contributed by atoms with Crippen LogP contribution in [0.2, 0.25) is 0 Å². The normalized spacial score (nSPS) is 17.3. The van der Waals surface area contributed by atoms with Gasteiger partial charge < -0.3 is 15.7 Å². The van der Waals surface area contributed by atoms with E-state index in [4.69, 9.17) is 0 Å². The van der Waals surface area contributed by atoms with E-state index in [-0.39, 0.29) is 11.7 Å². The van der Waals surface area contributed by atoms with Gasteiger partial charge in [-0.25, -0.2) is 4.39 Å². The molecule has 0 bridgehead atoms. The number of anilines is 1. The third-order valence-corrected chi connectivity index (χ3v) is 5.05. The van der Waals surface area contributed by atoms with Gasteiger partial charge in [0.1, 0.15) is 18.0 Å². The molecule has 2 unspecified atom stereocenters. The minimum absolute atomic E-state index is 0.236. The maximum atomic E-state index is 13.5. The molecule has 0 saturated carbocycles.